The molecule has 4 nitrogen and oxygen atoms in total. The van der Waals surface area contributed by atoms with Gasteiger partial charge in [0.05, 0.1) is 5.75 Å². The van der Waals surface area contributed by atoms with Gasteiger partial charge in [-0.2, -0.15) is 0 Å². The van der Waals surface area contributed by atoms with Crippen LogP contribution in [0.3, 0.4) is 0 Å². The van der Waals surface area contributed by atoms with E-state index < -0.39 is 10.0 Å². The van der Waals surface area contributed by atoms with E-state index in [1.807, 2.05) is 12.1 Å². The van der Waals surface area contributed by atoms with Gasteiger partial charge in [0.25, 0.3) is 0 Å². The highest BCUT2D eigenvalue weighted by Crippen LogP contribution is 2.18. The van der Waals surface area contributed by atoms with Crippen LogP contribution in [0.25, 0.3) is 0 Å². The largest absolute Gasteiger partial charge is 0.317 e. The summed E-state index contributed by atoms with van der Waals surface area (Å²) in [6, 6.07) is 7.15. The van der Waals surface area contributed by atoms with Crippen LogP contribution < -0.4 is 10.0 Å². The van der Waals surface area contributed by atoms with E-state index >= 15 is 0 Å². The quantitative estimate of drug-likeness (QED) is 0.888. The predicted octanol–water partition coefficient (Wildman–Crippen LogP) is 2.19. The van der Waals surface area contributed by atoms with Gasteiger partial charge >= 0.3 is 0 Å². The molecule has 6 heteroatoms. The third-order valence-electron chi connectivity index (χ3n) is 3.03. The molecule has 0 radical (unpaired) electrons. The molecule has 2 N–H and O–H groups in total. The van der Waals surface area contributed by atoms with Gasteiger partial charge in [0.15, 0.2) is 0 Å². The molecular weight excluding hydrogens is 316 g/mol. The summed E-state index contributed by atoms with van der Waals surface area (Å²) in [7, 11) is -3.24. The predicted molar refractivity (Wildman–Crippen MR) is 77.1 cm³/mol. The number of benzene rings is 1. The van der Waals surface area contributed by atoms with Crippen LogP contribution in [0.1, 0.15) is 12.8 Å². The molecule has 0 amide bonds. The third kappa shape index (κ3) is 4.26. The van der Waals surface area contributed by atoms with Gasteiger partial charge in [-0.15, -0.1) is 0 Å². The molecular formula is C12H17BrN2O2S. The molecule has 100 valence electrons. The number of piperidine rings is 1. The summed E-state index contributed by atoms with van der Waals surface area (Å²) in [5.74, 6) is 0.476. The molecule has 1 aliphatic rings. The SMILES string of the molecule is O=S(=O)(CC1CCNCC1)Nc1ccc(Br)cc1. The summed E-state index contributed by atoms with van der Waals surface area (Å²) in [6.07, 6.45) is 1.86. The van der Waals surface area contributed by atoms with Gasteiger partial charge in [-0.1, -0.05) is 15.9 Å². The highest BCUT2D eigenvalue weighted by atomic mass is 79.9. The molecule has 1 heterocycles. The number of sulfonamides is 1. The molecule has 0 aromatic heterocycles. The maximum absolute atomic E-state index is 12.0. The normalized spacial score (nSPS) is 17.6. The lowest BCUT2D eigenvalue weighted by Crippen LogP contribution is -2.33. The standard InChI is InChI=1S/C12H17BrN2O2S/c13-11-1-3-12(4-2-11)15-18(16,17)9-10-5-7-14-8-6-10/h1-4,10,14-15H,5-9H2. The Bertz CT molecular complexity index is 481. The van der Waals surface area contributed by atoms with E-state index in [2.05, 4.69) is 26.0 Å². The Labute approximate surface area is 116 Å². The molecule has 2 rings (SSSR count). The fourth-order valence-corrected chi connectivity index (χ4v) is 3.89. The molecule has 0 bridgehead atoms. The maximum atomic E-state index is 12.0. The zero-order valence-corrected chi connectivity index (χ0v) is 12.4. The van der Waals surface area contributed by atoms with Crippen molar-refractivity contribution in [3.05, 3.63) is 28.7 Å². The zero-order chi connectivity index (χ0) is 13.0. The van der Waals surface area contributed by atoms with Crippen molar-refractivity contribution in [2.24, 2.45) is 5.92 Å². The van der Waals surface area contributed by atoms with Crippen molar-refractivity contribution in [2.45, 2.75) is 12.8 Å². The van der Waals surface area contributed by atoms with Gasteiger partial charge in [0.2, 0.25) is 10.0 Å². The minimum Gasteiger partial charge on any atom is -0.317 e. The lowest BCUT2D eigenvalue weighted by atomic mass is 10.0. The topological polar surface area (TPSA) is 58.2 Å². The number of rotatable bonds is 4. The van der Waals surface area contributed by atoms with Gasteiger partial charge in [-0.3, -0.25) is 4.72 Å². The third-order valence-corrected chi connectivity index (χ3v) is 5.02. The Kier molecular flexibility index (Phi) is 4.64. The second-order valence-electron chi connectivity index (χ2n) is 4.58. The number of nitrogens with one attached hydrogen (secondary N) is 2. The van der Waals surface area contributed by atoms with E-state index in [0.717, 1.165) is 30.4 Å². The summed E-state index contributed by atoms with van der Waals surface area (Å²) in [5.41, 5.74) is 0.618. The minimum absolute atomic E-state index is 0.213. The van der Waals surface area contributed by atoms with Crippen LogP contribution >= 0.6 is 15.9 Å². The first-order valence-corrected chi connectivity index (χ1v) is 8.46. The molecule has 0 saturated carbocycles. The van der Waals surface area contributed by atoms with Gasteiger partial charge in [-0.25, -0.2) is 8.42 Å². The highest BCUT2D eigenvalue weighted by Gasteiger charge is 2.21. The van der Waals surface area contributed by atoms with E-state index in [1.165, 1.54) is 0 Å². The highest BCUT2D eigenvalue weighted by molar-refractivity contribution is 9.10. The Morgan fingerprint density at radius 3 is 2.44 bits per heavy atom. The molecule has 0 spiro atoms. The number of hydrogen-bond donors (Lipinski definition) is 2. The molecule has 1 fully saturated rings. The van der Waals surface area contributed by atoms with Crippen LogP contribution in [0.5, 0.6) is 0 Å². The molecule has 1 aromatic rings. The van der Waals surface area contributed by atoms with Crippen LogP contribution in [0, 0.1) is 5.92 Å². The molecule has 1 saturated heterocycles. The van der Waals surface area contributed by atoms with Crippen LogP contribution in [0.15, 0.2) is 28.7 Å². The van der Waals surface area contributed by atoms with Gasteiger partial charge < -0.3 is 5.32 Å². The molecule has 0 aliphatic carbocycles. The summed E-state index contributed by atoms with van der Waals surface area (Å²) in [5, 5.41) is 3.24. The molecule has 18 heavy (non-hydrogen) atoms. The average molecular weight is 333 g/mol. The fraction of sp³-hybridized carbons (Fsp3) is 0.500. The van der Waals surface area contributed by atoms with E-state index in [0.29, 0.717) is 5.69 Å². The Morgan fingerprint density at radius 2 is 1.83 bits per heavy atom. The van der Waals surface area contributed by atoms with Crippen LogP contribution in [0.2, 0.25) is 0 Å². The second kappa shape index (κ2) is 6.04. The fourth-order valence-electron chi connectivity index (χ4n) is 2.10. The Morgan fingerprint density at radius 1 is 1.22 bits per heavy atom. The van der Waals surface area contributed by atoms with Gasteiger partial charge in [-0.05, 0) is 56.1 Å². The van der Waals surface area contributed by atoms with Gasteiger partial charge in [0.1, 0.15) is 0 Å². The summed E-state index contributed by atoms with van der Waals surface area (Å²) >= 11 is 3.32. The summed E-state index contributed by atoms with van der Waals surface area (Å²) < 4.78 is 27.6. The summed E-state index contributed by atoms with van der Waals surface area (Å²) in [6.45, 7) is 1.83. The minimum atomic E-state index is -3.24. The first-order chi connectivity index (χ1) is 8.55. The maximum Gasteiger partial charge on any atom is 0.232 e. The molecule has 1 aliphatic heterocycles. The van der Waals surface area contributed by atoms with Crippen molar-refractivity contribution < 1.29 is 8.42 Å². The van der Waals surface area contributed by atoms with Crippen molar-refractivity contribution in [1.82, 2.24) is 5.32 Å². The molecule has 0 unspecified atom stereocenters. The number of anilines is 1. The second-order valence-corrected chi connectivity index (χ2v) is 7.27. The lowest BCUT2D eigenvalue weighted by molar-refractivity contribution is 0.402. The van der Waals surface area contributed by atoms with E-state index in [9.17, 15) is 8.42 Å². The zero-order valence-electron chi connectivity index (χ0n) is 10.0. The van der Waals surface area contributed by atoms with Crippen molar-refractivity contribution in [1.29, 1.82) is 0 Å². The van der Waals surface area contributed by atoms with Crippen LogP contribution in [0.4, 0.5) is 5.69 Å². The molecule has 1 aromatic carbocycles. The van der Waals surface area contributed by atoms with E-state index in [1.54, 1.807) is 12.1 Å². The average Bonchev–Trinajstić information content (AvgIpc) is 2.32. The first kappa shape index (κ1) is 13.8. The van der Waals surface area contributed by atoms with Crippen LogP contribution in [-0.4, -0.2) is 27.3 Å². The van der Waals surface area contributed by atoms with Crippen molar-refractivity contribution in [2.75, 3.05) is 23.6 Å². The van der Waals surface area contributed by atoms with Crippen molar-refractivity contribution in [3.63, 3.8) is 0 Å². The van der Waals surface area contributed by atoms with E-state index in [-0.39, 0.29) is 11.7 Å². The Hall–Kier alpha value is -0.590. The smallest absolute Gasteiger partial charge is 0.232 e. The summed E-state index contributed by atoms with van der Waals surface area (Å²) in [4.78, 5) is 0. The number of halogens is 1. The van der Waals surface area contributed by atoms with Crippen LogP contribution in [-0.2, 0) is 10.0 Å². The molecule has 0 atom stereocenters. The van der Waals surface area contributed by atoms with Crippen molar-refractivity contribution in [3.8, 4) is 0 Å². The van der Waals surface area contributed by atoms with Crippen molar-refractivity contribution >= 4 is 31.6 Å². The van der Waals surface area contributed by atoms with E-state index in [4.69, 9.17) is 0 Å². The lowest BCUT2D eigenvalue weighted by Gasteiger charge is -2.22. The first-order valence-electron chi connectivity index (χ1n) is 6.02. The number of hydrogen-bond acceptors (Lipinski definition) is 3. The Balaban J connectivity index is 1.96. The monoisotopic (exact) mass is 332 g/mol. The van der Waals surface area contributed by atoms with Gasteiger partial charge in [0, 0.05) is 10.2 Å².